The van der Waals surface area contributed by atoms with Gasteiger partial charge in [-0.15, -0.1) is 0 Å². The van der Waals surface area contributed by atoms with Crippen molar-refractivity contribution in [3.8, 4) is 0 Å². The average Bonchev–Trinajstić information content (AvgIpc) is 2.64. The number of anilines is 1. The highest BCUT2D eigenvalue weighted by molar-refractivity contribution is 7.80. The highest BCUT2D eigenvalue weighted by atomic mass is 32.1. The minimum atomic E-state index is -0.00699. The van der Waals surface area contributed by atoms with Crippen LogP contribution in [-0.2, 0) is 4.79 Å². The molecule has 1 heterocycles. The number of hydrogen-bond donors (Lipinski definition) is 2. The quantitative estimate of drug-likeness (QED) is 0.839. The number of benzene rings is 1. The average molecular weight is 305 g/mol. The third-order valence-corrected chi connectivity index (χ3v) is 4.22. The van der Waals surface area contributed by atoms with Crippen molar-refractivity contribution in [2.45, 2.75) is 38.6 Å². The van der Waals surface area contributed by atoms with E-state index >= 15 is 0 Å². The van der Waals surface area contributed by atoms with Crippen LogP contribution in [0.15, 0.2) is 24.3 Å². The molecule has 0 aliphatic carbocycles. The van der Waals surface area contributed by atoms with Crippen LogP contribution >= 0.6 is 12.2 Å². The molecular weight excluding hydrogens is 282 g/mol. The van der Waals surface area contributed by atoms with E-state index in [1.165, 1.54) is 19.3 Å². The van der Waals surface area contributed by atoms with Gasteiger partial charge in [-0.3, -0.25) is 9.69 Å². The molecule has 1 aromatic carbocycles. The molecule has 0 saturated carbocycles. The van der Waals surface area contributed by atoms with E-state index in [-0.39, 0.29) is 5.91 Å². The van der Waals surface area contributed by atoms with Crippen molar-refractivity contribution in [1.29, 1.82) is 0 Å². The summed E-state index contributed by atoms with van der Waals surface area (Å²) in [4.78, 5) is 14.8. The molecule has 0 radical (unpaired) electrons. The number of hydrogen-bond acceptors (Lipinski definition) is 3. The first kappa shape index (κ1) is 15.9. The van der Waals surface area contributed by atoms with Gasteiger partial charge in [-0.2, -0.15) is 0 Å². The molecule has 1 saturated heterocycles. The molecule has 1 aromatic rings. The molecule has 1 unspecified atom stereocenters. The number of rotatable bonds is 4. The number of nitrogens with zero attached hydrogens (tertiary/aromatic N) is 1. The predicted octanol–water partition coefficient (Wildman–Crippen LogP) is 2.52. The molecule has 0 spiro atoms. The monoisotopic (exact) mass is 305 g/mol. The van der Waals surface area contributed by atoms with Crippen molar-refractivity contribution >= 4 is 28.8 Å². The van der Waals surface area contributed by atoms with E-state index in [9.17, 15) is 4.79 Å². The Labute approximate surface area is 131 Å². The molecule has 0 aromatic heterocycles. The van der Waals surface area contributed by atoms with Gasteiger partial charge in [0.25, 0.3) is 0 Å². The lowest BCUT2D eigenvalue weighted by molar-refractivity contribution is -0.117. The Hall–Kier alpha value is -1.46. The Morgan fingerprint density at radius 2 is 2.14 bits per heavy atom. The largest absolute Gasteiger partial charge is 0.389 e. The summed E-state index contributed by atoms with van der Waals surface area (Å²) in [6, 6.07) is 7.85. The first-order valence-corrected chi connectivity index (χ1v) is 7.91. The second kappa shape index (κ2) is 7.52. The SMILES string of the molecule is CC1CCCCCN1CC(=O)Nc1ccccc1C(N)=S. The van der Waals surface area contributed by atoms with E-state index in [1.807, 2.05) is 24.3 Å². The number of likely N-dealkylation sites (tertiary alicyclic amines) is 1. The van der Waals surface area contributed by atoms with Crippen LogP contribution in [0.4, 0.5) is 5.69 Å². The van der Waals surface area contributed by atoms with E-state index in [1.54, 1.807) is 0 Å². The van der Waals surface area contributed by atoms with Crippen LogP contribution < -0.4 is 11.1 Å². The maximum atomic E-state index is 12.3. The lowest BCUT2D eigenvalue weighted by Gasteiger charge is -2.26. The molecule has 1 fully saturated rings. The van der Waals surface area contributed by atoms with Crippen molar-refractivity contribution in [2.75, 3.05) is 18.4 Å². The number of carbonyl (C=O) groups is 1. The van der Waals surface area contributed by atoms with Gasteiger partial charge < -0.3 is 11.1 Å². The molecule has 1 atom stereocenters. The zero-order valence-electron chi connectivity index (χ0n) is 12.5. The molecular formula is C16H23N3OS. The lowest BCUT2D eigenvalue weighted by Crippen LogP contribution is -2.39. The topological polar surface area (TPSA) is 58.4 Å². The Bertz CT molecular complexity index is 518. The van der Waals surface area contributed by atoms with Crippen LogP contribution in [-0.4, -0.2) is 34.9 Å². The summed E-state index contributed by atoms with van der Waals surface area (Å²) in [6.07, 6.45) is 4.84. The number of amides is 1. The van der Waals surface area contributed by atoms with Crippen LogP contribution in [0.1, 0.15) is 38.2 Å². The molecule has 5 heteroatoms. The first-order valence-electron chi connectivity index (χ1n) is 7.50. The summed E-state index contributed by atoms with van der Waals surface area (Å²) in [6.45, 7) is 3.61. The summed E-state index contributed by atoms with van der Waals surface area (Å²) in [7, 11) is 0. The minimum Gasteiger partial charge on any atom is -0.389 e. The fourth-order valence-corrected chi connectivity index (χ4v) is 2.93. The van der Waals surface area contributed by atoms with E-state index in [0.717, 1.165) is 13.0 Å². The van der Waals surface area contributed by atoms with Gasteiger partial charge >= 0.3 is 0 Å². The molecule has 0 bridgehead atoms. The molecule has 1 amide bonds. The van der Waals surface area contributed by atoms with Crippen molar-refractivity contribution < 1.29 is 4.79 Å². The van der Waals surface area contributed by atoms with Crippen LogP contribution in [0.3, 0.4) is 0 Å². The summed E-state index contributed by atoms with van der Waals surface area (Å²) < 4.78 is 0. The van der Waals surface area contributed by atoms with Crippen molar-refractivity contribution in [2.24, 2.45) is 5.73 Å². The summed E-state index contributed by atoms with van der Waals surface area (Å²) in [5, 5.41) is 2.93. The first-order chi connectivity index (χ1) is 10.1. The minimum absolute atomic E-state index is 0.00699. The number of para-hydroxylation sites is 1. The van der Waals surface area contributed by atoms with Crippen molar-refractivity contribution in [3.05, 3.63) is 29.8 Å². The van der Waals surface area contributed by atoms with Gasteiger partial charge in [-0.25, -0.2) is 0 Å². The third kappa shape index (κ3) is 4.51. The number of thiocarbonyl (C=S) groups is 1. The summed E-state index contributed by atoms with van der Waals surface area (Å²) >= 11 is 5.02. The van der Waals surface area contributed by atoms with E-state index in [2.05, 4.69) is 17.1 Å². The summed E-state index contributed by atoms with van der Waals surface area (Å²) in [5.41, 5.74) is 7.09. The highest BCUT2D eigenvalue weighted by Crippen LogP contribution is 2.17. The molecule has 4 nitrogen and oxygen atoms in total. The van der Waals surface area contributed by atoms with E-state index in [0.29, 0.717) is 28.8 Å². The molecule has 3 N–H and O–H groups in total. The zero-order valence-corrected chi connectivity index (χ0v) is 13.3. The van der Waals surface area contributed by atoms with Gasteiger partial charge in [-0.1, -0.05) is 37.2 Å². The van der Waals surface area contributed by atoms with Gasteiger partial charge in [0.05, 0.1) is 12.2 Å². The molecule has 1 aliphatic heterocycles. The normalized spacial score (nSPS) is 19.8. The fourth-order valence-electron chi connectivity index (χ4n) is 2.75. The third-order valence-electron chi connectivity index (χ3n) is 4.00. The highest BCUT2D eigenvalue weighted by Gasteiger charge is 2.19. The van der Waals surface area contributed by atoms with Crippen LogP contribution in [0, 0.1) is 0 Å². The Balaban J connectivity index is 2.00. The lowest BCUT2D eigenvalue weighted by atomic mass is 10.1. The Morgan fingerprint density at radius 3 is 2.90 bits per heavy atom. The van der Waals surface area contributed by atoms with E-state index < -0.39 is 0 Å². The molecule has 2 rings (SSSR count). The van der Waals surface area contributed by atoms with Gasteiger partial charge in [0.1, 0.15) is 4.99 Å². The van der Waals surface area contributed by atoms with E-state index in [4.69, 9.17) is 18.0 Å². The zero-order chi connectivity index (χ0) is 15.2. The standard InChI is InChI=1S/C16H23N3OS/c1-12-7-3-2-6-10-19(12)11-15(20)18-14-9-5-4-8-13(14)16(17)21/h4-5,8-9,12H,2-3,6-7,10-11H2,1H3,(H2,17,21)(H,18,20). The number of nitrogens with one attached hydrogen (secondary N) is 1. The second-order valence-corrected chi connectivity index (χ2v) is 6.07. The van der Waals surface area contributed by atoms with Gasteiger partial charge in [0, 0.05) is 11.6 Å². The molecule has 21 heavy (non-hydrogen) atoms. The van der Waals surface area contributed by atoms with Crippen LogP contribution in [0.25, 0.3) is 0 Å². The molecule has 114 valence electrons. The van der Waals surface area contributed by atoms with Gasteiger partial charge in [0.15, 0.2) is 0 Å². The van der Waals surface area contributed by atoms with Gasteiger partial charge in [0.2, 0.25) is 5.91 Å². The van der Waals surface area contributed by atoms with Gasteiger partial charge in [-0.05, 0) is 38.4 Å². The number of carbonyl (C=O) groups excluding carboxylic acids is 1. The fraction of sp³-hybridized carbons (Fsp3) is 0.500. The van der Waals surface area contributed by atoms with Crippen molar-refractivity contribution in [1.82, 2.24) is 4.90 Å². The Kier molecular flexibility index (Phi) is 5.70. The molecule has 1 aliphatic rings. The predicted molar refractivity (Wildman–Crippen MR) is 90.5 cm³/mol. The second-order valence-electron chi connectivity index (χ2n) is 5.63. The van der Waals surface area contributed by atoms with Crippen molar-refractivity contribution in [3.63, 3.8) is 0 Å². The summed E-state index contributed by atoms with van der Waals surface area (Å²) in [5.74, 6) is -0.00699. The smallest absolute Gasteiger partial charge is 0.238 e. The van der Waals surface area contributed by atoms with Crippen LogP contribution in [0.5, 0.6) is 0 Å². The number of nitrogens with two attached hydrogens (primary N) is 1. The Morgan fingerprint density at radius 1 is 1.38 bits per heavy atom. The van der Waals surface area contributed by atoms with Crippen LogP contribution in [0.2, 0.25) is 0 Å². The maximum absolute atomic E-state index is 12.3. The maximum Gasteiger partial charge on any atom is 0.238 e.